The molecule has 0 unspecified atom stereocenters. The van der Waals surface area contributed by atoms with Crippen molar-refractivity contribution in [3.05, 3.63) is 65.9 Å². The van der Waals surface area contributed by atoms with Crippen molar-refractivity contribution in [2.75, 3.05) is 6.26 Å². The molecule has 0 amide bonds. The number of aromatic nitrogens is 2. The van der Waals surface area contributed by atoms with Crippen molar-refractivity contribution in [1.82, 2.24) is 9.78 Å². The van der Waals surface area contributed by atoms with Crippen LogP contribution in [0.3, 0.4) is 0 Å². The molecule has 7 heteroatoms. The fraction of sp³-hybridized carbons (Fsp3) is 0.167. The van der Waals surface area contributed by atoms with Gasteiger partial charge in [-0.25, -0.2) is 21.9 Å². The zero-order valence-corrected chi connectivity index (χ0v) is 14.5. The molecule has 0 radical (unpaired) electrons. The minimum atomic E-state index is -3.32. The van der Waals surface area contributed by atoms with Crippen LogP contribution in [-0.2, 0) is 9.84 Å². The van der Waals surface area contributed by atoms with Gasteiger partial charge in [0.25, 0.3) is 6.43 Å². The summed E-state index contributed by atoms with van der Waals surface area (Å²) >= 11 is 0. The molecule has 0 aliphatic carbocycles. The average Bonchev–Trinajstić information content (AvgIpc) is 3.00. The van der Waals surface area contributed by atoms with Crippen molar-refractivity contribution in [3.8, 4) is 16.9 Å². The molecule has 0 fully saturated rings. The predicted molar refractivity (Wildman–Crippen MR) is 91.8 cm³/mol. The fourth-order valence-electron chi connectivity index (χ4n) is 2.47. The summed E-state index contributed by atoms with van der Waals surface area (Å²) in [5.74, 6) is 0. The Morgan fingerprint density at radius 1 is 1.00 bits per heavy atom. The third-order valence-electron chi connectivity index (χ3n) is 3.81. The summed E-state index contributed by atoms with van der Waals surface area (Å²) in [6.45, 7) is 1.93. The topological polar surface area (TPSA) is 52.0 Å². The van der Waals surface area contributed by atoms with E-state index in [0.29, 0.717) is 16.9 Å². The maximum absolute atomic E-state index is 13.1. The van der Waals surface area contributed by atoms with Crippen LogP contribution >= 0.6 is 0 Å². The molecule has 0 aliphatic rings. The number of aryl methyl sites for hydroxylation is 1. The number of nitrogens with zero attached hydrogens (tertiary/aromatic N) is 2. The van der Waals surface area contributed by atoms with E-state index in [1.54, 1.807) is 24.3 Å². The number of benzene rings is 2. The molecule has 3 rings (SSSR count). The van der Waals surface area contributed by atoms with Crippen LogP contribution in [0.15, 0.2) is 59.5 Å². The van der Waals surface area contributed by atoms with E-state index in [4.69, 9.17) is 0 Å². The van der Waals surface area contributed by atoms with Crippen molar-refractivity contribution < 1.29 is 17.2 Å². The lowest BCUT2D eigenvalue weighted by Crippen LogP contribution is -2.00. The van der Waals surface area contributed by atoms with Gasteiger partial charge in [-0.2, -0.15) is 5.10 Å². The Kier molecular flexibility index (Phi) is 4.43. The molecule has 3 aromatic rings. The van der Waals surface area contributed by atoms with E-state index in [2.05, 4.69) is 5.10 Å². The molecule has 0 N–H and O–H groups in total. The van der Waals surface area contributed by atoms with Crippen LogP contribution in [0.5, 0.6) is 0 Å². The number of rotatable bonds is 4. The molecule has 2 aromatic carbocycles. The van der Waals surface area contributed by atoms with Gasteiger partial charge in [0.15, 0.2) is 9.84 Å². The Morgan fingerprint density at radius 3 is 2.12 bits per heavy atom. The molecule has 0 saturated carbocycles. The second-order valence-corrected chi connectivity index (χ2v) is 7.81. The van der Waals surface area contributed by atoms with Crippen LogP contribution in [-0.4, -0.2) is 24.5 Å². The second-order valence-electron chi connectivity index (χ2n) is 5.80. The van der Waals surface area contributed by atoms with Gasteiger partial charge in [0.1, 0.15) is 5.69 Å². The summed E-state index contributed by atoms with van der Waals surface area (Å²) in [6, 6.07) is 14.8. The van der Waals surface area contributed by atoms with Crippen molar-refractivity contribution in [1.29, 1.82) is 0 Å². The van der Waals surface area contributed by atoms with Gasteiger partial charge in [0, 0.05) is 11.8 Å². The van der Waals surface area contributed by atoms with Crippen LogP contribution in [0.4, 0.5) is 8.78 Å². The first kappa shape index (κ1) is 17.3. The van der Waals surface area contributed by atoms with E-state index in [1.807, 2.05) is 19.1 Å². The summed E-state index contributed by atoms with van der Waals surface area (Å²) in [6.07, 6.45) is -1.58. The molecule has 1 aromatic heterocycles. The van der Waals surface area contributed by atoms with Gasteiger partial charge in [-0.1, -0.05) is 29.8 Å². The van der Waals surface area contributed by atoms with Gasteiger partial charge in [-0.3, -0.25) is 0 Å². The number of alkyl halides is 2. The maximum Gasteiger partial charge on any atom is 0.282 e. The average molecular weight is 362 g/mol. The van der Waals surface area contributed by atoms with Crippen LogP contribution in [0.25, 0.3) is 16.9 Å². The van der Waals surface area contributed by atoms with Gasteiger partial charge >= 0.3 is 0 Å². The van der Waals surface area contributed by atoms with Crippen molar-refractivity contribution in [2.24, 2.45) is 0 Å². The molecule has 25 heavy (non-hydrogen) atoms. The number of hydrogen-bond acceptors (Lipinski definition) is 3. The molecule has 0 bridgehead atoms. The van der Waals surface area contributed by atoms with Gasteiger partial charge in [0.05, 0.1) is 16.3 Å². The molecular formula is C18H16F2N2O2S. The molecular weight excluding hydrogens is 346 g/mol. The molecule has 0 spiro atoms. The Morgan fingerprint density at radius 2 is 1.60 bits per heavy atom. The van der Waals surface area contributed by atoms with E-state index < -0.39 is 16.3 Å². The van der Waals surface area contributed by atoms with E-state index in [-0.39, 0.29) is 10.6 Å². The first-order valence-electron chi connectivity index (χ1n) is 7.51. The van der Waals surface area contributed by atoms with Crippen LogP contribution < -0.4 is 0 Å². The first-order chi connectivity index (χ1) is 11.8. The summed E-state index contributed by atoms with van der Waals surface area (Å²) < 4.78 is 50.8. The predicted octanol–water partition coefficient (Wildman–Crippen LogP) is 4.19. The molecule has 4 nitrogen and oxygen atoms in total. The highest BCUT2D eigenvalue weighted by Crippen LogP contribution is 2.29. The van der Waals surface area contributed by atoms with Gasteiger partial charge in [-0.05, 0) is 37.3 Å². The van der Waals surface area contributed by atoms with Gasteiger partial charge in [0.2, 0.25) is 0 Å². The number of halogens is 2. The lowest BCUT2D eigenvalue weighted by atomic mass is 10.1. The second kappa shape index (κ2) is 6.40. The van der Waals surface area contributed by atoms with Crippen molar-refractivity contribution in [2.45, 2.75) is 18.2 Å². The fourth-order valence-corrected chi connectivity index (χ4v) is 3.10. The summed E-state index contributed by atoms with van der Waals surface area (Å²) in [5, 5.41) is 4.01. The number of hydrogen-bond donors (Lipinski definition) is 0. The highest BCUT2D eigenvalue weighted by molar-refractivity contribution is 7.90. The largest absolute Gasteiger partial charge is 0.282 e. The molecule has 130 valence electrons. The Balaban J connectivity index is 2.13. The smallest absolute Gasteiger partial charge is 0.233 e. The standard InChI is InChI=1S/C18H16F2N2O2S/c1-12-3-7-14(8-4-12)22-17(11-16(21-22)18(19)20)13-5-9-15(10-6-13)25(2,23)24/h3-11,18H,1-2H3. The maximum atomic E-state index is 13.1. The molecule has 0 aliphatic heterocycles. The summed E-state index contributed by atoms with van der Waals surface area (Å²) in [4.78, 5) is 0.173. The van der Waals surface area contributed by atoms with Crippen LogP contribution in [0, 0.1) is 6.92 Å². The highest BCUT2D eigenvalue weighted by atomic mass is 32.2. The van der Waals surface area contributed by atoms with E-state index in [1.165, 1.54) is 22.9 Å². The lowest BCUT2D eigenvalue weighted by molar-refractivity contribution is 0.145. The van der Waals surface area contributed by atoms with Crippen LogP contribution in [0.1, 0.15) is 17.7 Å². The summed E-state index contributed by atoms with van der Waals surface area (Å²) in [7, 11) is -3.32. The van der Waals surface area contributed by atoms with E-state index >= 15 is 0 Å². The normalized spacial score (nSPS) is 11.9. The number of sulfone groups is 1. The SMILES string of the molecule is Cc1ccc(-n2nc(C(F)F)cc2-c2ccc(S(C)(=O)=O)cc2)cc1. The molecule has 0 atom stereocenters. The molecule has 0 saturated heterocycles. The minimum Gasteiger partial charge on any atom is -0.233 e. The van der Waals surface area contributed by atoms with Crippen molar-refractivity contribution >= 4 is 9.84 Å². The zero-order chi connectivity index (χ0) is 18.2. The Hall–Kier alpha value is -2.54. The highest BCUT2D eigenvalue weighted by Gasteiger charge is 2.18. The summed E-state index contributed by atoms with van der Waals surface area (Å²) in [5.41, 5.74) is 2.44. The lowest BCUT2D eigenvalue weighted by Gasteiger charge is -2.08. The van der Waals surface area contributed by atoms with E-state index in [9.17, 15) is 17.2 Å². The third-order valence-corrected chi connectivity index (χ3v) is 4.94. The Labute approximate surface area is 144 Å². The van der Waals surface area contributed by atoms with E-state index in [0.717, 1.165) is 11.8 Å². The van der Waals surface area contributed by atoms with Crippen molar-refractivity contribution in [3.63, 3.8) is 0 Å². The van der Waals surface area contributed by atoms with Crippen LogP contribution in [0.2, 0.25) is 0 Å². The minimum absolute atomic E-state index is 0.173. The monoisotopic (exact) mass is 362 g/mol. The van der Waals surface area contributed by atoms with Gasteiger partial charge in [-0.15, -0.1) is 0 Å². The quantitative estimate of drug-likeness (QED) is 0.699. The Bertz CT molecular complexity index is 993. The zero-order valence-electron chi connectivity index (χ0n) is 13.6. The van der Waals surface area contributed by atoms with Gasteiger partial charge < -0.3 is 0 Å². The first-order valence-corrected chi connectivity index (χ1v) is 9.40. The third kappa shape index (κ3) is 3.61. The molecule has 1 heterocycles.